The van der Waals surface area contributed by atoms with Gasteiger partial charge in [-0.25, -0.2) is 0 Å². The first-order chi connectivity index (χ1) is 5.45. The second-order valence-electron chi connectivity index (χ2n) is 3.38. The lowest BCUT2D eigenvalue weighted by Gasteiger charge is -2.30. The van der Waals surface area contributed by atoms with E-state index in [4.69, 9.17) is 11.5 Å². The maximum absolute atomic E-state index is 6.05. The molecule has 1 unspecified atom stereocenters. The van der Waals surface area contributed by atoms with E-state index in [0.29, 0.717) is 5.70 Å². The fraction of sp³-hybridized carbons (Fsp3) is 0.600. The molecular weight excluding hydrogens is 148 g/mol. The molecule has 0 saturated heterocycles. The molecule has 12 heavy (non-hydrogen) atoms. The molecule has 0 fully saturated rings. The van der Waals surface area contributed by atoms with Crippen LogP contribution < -0.4 is 11.5 Å². The minimum absolute atomic E-state index is 0.517. The summed E-state index contributed by atoms with van der Waals surface area (Å²) in [7, 11) is 0. The summed E-state index contributed by atoms with van der Waals surface area (Å²) in [5.74, 6) is 0. The van der Waals surface area contributed by atoms with Gasteiger partial charge in [0.2, 0.25) is 0 Å². The fourth-order valence-corrected chi connectivity index (χ4v) is 1.10. The van der Waals surface area contributed by atoms with Crippen LogP contribution in [0.3, 0.4) is 0 Å². The summed E-state index contributed by atoms with van der Waals surface area (Å²) in [6.07, 6.45) is 3.01. The summed E-state index contributed by atoms with van der Waals surface area (Å²) >= 11 is 0. The third-order valence-corrected chi connectivity index (χ3v) is 2.26. The Hall–Kier alpha value is -0.760. The van der Waals surface area contributed by atoms with Gasteiger partial charge >= 0.3 is 0 Å². The third-order valence-electron chi connectivity index (χ3n) is 2.26. The molecule has 0 aromatic rings. The summed E-state index contributed by atoms with van der Waals surface area (Å²) in [5, 5.41) is 0. The van der Waals surface area contributed by atoms with Crippen molar-refractivity contribution in [1.82, 2.24) is 0 Å². The summed E-state index contributed by atoms with van der Waals surface area (Å²) < 4.78 is 0. The second-order valence-corrected chi connectivity index (χ2v) is 3.38. The molecule has 4 N–H and O–H groups in total. The lowest BCUT2D eigenvalue weighted by Crippen LogP contribution is -2.45. The quantitative estimate of drug-likeness (QED) is 0.616. The maximum atomic E-state index is 6.05. The largest absolute Gasteiger partial charge is 0.401 e. The first kappa shape index (κ1) is 11.2. The van der Waals surface area contributed by atoms with Crippen molar-refractivity contribution in [2.24, 2.45) is 11.5 Å². The molecule has 0 aromatic carbocycles. The van der Waals surface area contributed by atoms with Gasteiger partial charge in [0.15, 0.2) is 0 Å². The van der Waals surface area contributed by atoms with Gasteiger partial charge in [-0.05, 0) is 13.3 Å². The van der Waals surface area contributed by atoms with E-state index in [-0.39, 0.29) is 0 Å². The number of hydrogen-bond donors (Lipinski definition) is 2. The van der Waals surface area contributed by atoms with Crippen LogP contribution in [0.2, 0.25) is 0 Å². The van der Waals surface area contributed by atoms with Gasteiger partial charge in [-0.15, -0.1) is 0 Å². The van der Waals surface area contributed by atoms with E-state index >= 15 is 0 Å². The molecule has 0 spiro atoms. The highest BCUT2D eigenvalue weighted by molar-refractivity contribution is 5.27. The Morgan fingerprint density at radius 2 is 1.92 bits per heavy atom. The van der Waals surface area contributed by atoms with Crippen LogP contribution in [0.5, 0.6) is 0 Å². The highest BCUT2D eigenvalue weighted by atomic mass is 14.8. The minimum atomic E-state index is -0.560. The van der Waals surface area contributed by atoms with Gasteiger partial charge in [0.25, 0.3) is 0 Å². The fourth-order valence-electron chi connectivity index (χ4n) is 1.10. The molecule has 0 heterocycles. The smallest absolute Gasteiger partial charge is 0.0759 e. The standard InChI is InChI=1S/C10H20N2/c1-5-6-7-10(12,8(2)3)9(4)11/h2,4-7,11-12H2,1,3H3. The van der Waals surface area contributed by atoms with Crippen molar-refractivity contribution in [3.63, 3.8) is 0 Å². The predicted octanol–water partition coefficient (Wildman–Crippen LogP) is 1.92. The molecule has 0 amide bonds. The van der Waals surface area contributed by atoms with Crippen molar-refractivity contribution in [3.05, 3.63) is 24.4 Å². The van der Waals surface area contributed by atoms with E-state index in [1.54, 1.807) is 0 Å². The second kappa shape index (κ2) is 4.31. The molecule has 0 aliphatic carbocycles. The van der Waals surface area contributed by atoms with Gasteiger partial charge in [-0.2, -0.15) is 0 Å². The van der Waals surface area contributed by atoms with E-state index in [2.05, 4.69) is 20.1 Å². The Morgan fingerprint density at radius 3 is 2.17 bits per heavy atom. The normalized spacial score (nSPS) is 15.2. The van der Waals surface area contributed by atoms with Gasteiger partial charge in [-0.3, -0.25) is 0 Å². The van der Waals surface area contributed by atoms with Gasteiger partial charge in [-0.1, -0.05) is 38.5 Å². The molecule has 0 radical (unpaired) electrons. The van der Waals surface area contributed by atoms with Crippen LogP contribution in [-0.2, 0) is 0 Å². The molecule has 70 valence electrons. The van der Waals surface area contributed by atoms with Crippen LogP contribution in [0.1, 0.15) is 33.1 Å². The Balaban J connectivity index is 4.40. The highest BCUT2D eigenvalue weighted by Crippen LogP contribution is 2.23. The van der Waals surface area contributed by atoms with Crippen molar-refractivity contribution >= 4 is 0 Å². The van der Waals surface area contributed by atoms with Crippen molar-refractivity contribution in [1.29, 1.82) is 0 Å². The zero-order valence-corrected chi connectivity index (χ0v) is 8.19. The monoisotopic (exact) mass is 168 g/mol. The SMILES string of the molecule is C=C(C)C(N)(CCCC)C(=C)N. The number of unbranched alkanes of at least 4 members (excludes halogenated alkanes) is 1. The van der Waals surface area contributed by atoms with E-state index in [1.807, 2.05) is 6.92 Å². The van der Waals surface area contributed by atoms with E-state index in [1.165, 1.54) is 0 Å². The predicted molar refractivity (Wildman–Crippen MR) is 54.6 cm³/mol. The first-order valence-corrected chi connectivity index (χ1v) is 4.35. The average molecular weight is 168 g/mol. The van der Waals surface area contributed by atoms with Crippen LogP contribution in [-0.4, -0.2) is 5.54 Å². The lowest BCUT2D eigenvalue weighted by molar-refractivity contribution is 0.502. The Kier molecular flexibility index (Phi) is 4.04. The van der Waals surface area contributed by atoms with Gasteiger partial charge in [0.1, 0.15) is 0 Å². The van der Waals surface area contributed by atoms with Crippen LogP contribution in [0.4, 0.5) is 0 Å². The van der Waals surface area contributed by atoms with Gasteiger partial charge < -0.3 is 11.5 Å². The lowest BCUT2D eigenvalue weighted by atomic mass is 9.85. The Labute approximate surface area is 75.3 Å². The highest BCUT2D eigenvalue weighted by Gasteiger charge is 2.26. The van der Waals surface area contributed by atoms with E-state index in [0.717, 1.165) is 24.8 Å². The number of hydrogen-bond acceptors (Lipinski definition) is 2. The summed E-state index contributed by atoms with van der Waals surface area (Å²) in [4.78, 5) is 0. The molecule has 2 nitrogen and oxygen atoms in total. The van der Waals surface area contributed by atoms with E-state index < -0.39 is 5.54 Å². The maximum Gasteiger partial charge on any atom is 0.0759 e. The Bertz CT molecular complexity index is 168. The van der Waals surface area contributed by atoms with Crippen molar-refractivity contribution in [2.75, 3.05) is 0 Å². The molecule has 0 aromatic heterocycles. The van der Waals surface area contributed by atoms with Crippen molar-refractivity contribution < 1.29 is 0 Å². The van der Waals surface area contributed by atoms with Crippen LogP contribution in [0.25, 0.3) is 0 Å². The summed E-state index contributed by atoms with van der Waals surface area (Å²) in [6.45, 7) is 11.5. The van der Waals surface area contributed by atoms with Crippen LogP contribution >= 0.6 is 0 Å². The first-order valence-electron chi connectivity index (χ1n) is 4.35. The Morgan fingerprint density at radius 1 is 1.42 bits per heavy atom. The zero-order valence-electron chi connectivity index (χ0n) is 8.19. The van der Waals surface area contributed by atoms with Crippen LogP contribution in [0, 0.1) is 0 Å². The molecular formula is C10H20N2. The molecule has 0 saturated carbocycles. The third kappa shape index (κ3) is 2.38. The van der Waals surface area contributed by atoms with E-state index in [9.17, 15) is 0 Å². The van der Waals surface area contributed by atoms with Gasteiger partial charge in [0.05, 0.1) is 5.54 Å². The van der Waals surface area contributed by atoms with Crippen molar-refractivity contribution in [3.8, 4) is 0 Å². The number of nitrogens with two attached hydrogens (primary N) is 2. The average Bonchev–Trinajstić information content (AvgIpc) is 1.99. The topological polar surface area (TPSA) is 52.0 Å². The van der Waals surface area contributed by atoms with Gasteiger partial charge in [0, 0.05) is 5.70 Å². The summed E-state index contributed by atoms with van der Waals surface area (Å²) in [5.41, 5.74) is 12.5. The zero-order chi connectivity index (χ0) is 9.78. The molecule has 0 aliphatic heterocycles. The molecule has 1 atom stereocenters. The molecule has 0 aliphatic rings. The minimum Gasteiger partial charge on any atom is -0.401 e. The van der Waals surface area contributed by atoms with Crippen molar-refractivity contribution in [2.45, 2.75) is 38.6 Å². The number of rotatable bonds is 5. The molecule has 2 heteroatoms. The molecule has 0 rings (SSSR count). The molecule has 0 bridgehead atoms. The summed E-state index contributed by atoms with van der Waals surface area (Å²) in [6, 6.07) is 0. The van der Waals surface area contributed by atoms with Crippen LogP contribution in [0.15, 0.2) is 24.4 Å².